The Morgan fingerprint density at radius 2 is 1.50 bits per heavy atom. The fraction of sp³-hybridized carbons (Fsp3) is 0.841. The van der Waals surface area contributed by atoms with Gasteiger partial charge in [0.25, 0.3) is 0 Å². The normalized spacial score (nSPS) is 30.5. The number of esters is 1. The number of allylic oxidation sites excluding steroid dienone is 3. The Balaban J connectivity index is 1.93. The molecule has 0 bridgehead atoms. The number of hydrogen-bond acceptors (Lipinski definition) is 5. The van der Waals surface area contributed by atoms with Crippen LogP contribution in [0.4, 0.5) is 0 Å². The summed E-state index contributed by atoms with van der Waals surface area (Å²) in [6.45, 7) is 45.9. The molecular weight excluding hydrogens is 693 g/mol. The quantitative estimate of drug-likeness (QED) is 0.138. The smallest absolute Gasteiger partial charge is 0.302 e. The highest BCUT2D eigenvalue weighted by atomic mass is 28.4. The van der Waals surface area contributed by atoms with Crippen LogP contribution in [0.5, 0.6) is 0 Å². The zero-order valence-electron chi connectivity index (χ0n) is 37.2. The first-order chi connectivity index (χ1) is 23.4. The third kappa shape index (κ3) is 11.4. The van der Waals surface area contributed by atoms with Crippen LogP contribution in [0.3, 0.4) is 0 Å². The molecular formula is C44H82O5Si3. The molecule has 3 aliphatic rings. The van der Waals surface area contributed by atoms with Crippen molar-refractivity contribution >= 4 is 30.9 Å². The fourth-order valence-electron chi connectivity index (χ4n) is 9.29. The zero-order valence-corrected chi connectivity index (χ0v) is 40.2. The van der Waals surface area contributed by atoms with Crippen molar-refractivity contribution in [1.29, 1.82) is 0 Å². The van der Waals surface area contributed by atoms with E-state index in [1.54, 1.807) is 6.92 Å². The van der Waals surface area contributed by atoms with Crippen LogP contribution in [-0.4, -0.2) is 54.8 Å². The molecule has 0 aliphatic heterocycles. The maximum absolute atomic E-state index is 12.5. The Bertz CT molecular complexity index is 1320. The maximum Gasteiger partial charge on any atom is 0.302 e. The number of hydrogen-bond donors (Lipinski definition) is 0. The number of fused-ring (bicyclic) bond motifs is 1. The minimum absolute atomic E-state index is 0.0307. The topological polar surface area (TPSA) is 54.0 Å². The molecule has 3 rings (SSSR count). The van der Waals surface area contributed by atoms with Crippen molar-refractivity contribution in [2.24, 2.45) is 23.2 Å². The van der Waals surface area contributed by atoms with E-state index in [0.717, 1.165) is 50.5 Å². The summed E-state index contributed by atoms with van der Waals surface area (Å²) in [4.78, 5) is 12.5. The van der Waals surface area contributed by atoms with E-state index in [1.165, 1.54) is 24.0 Å². The fourth-order valence-corrected chi connectivity index (χ4v) is 13.7. The highest BCUT2D eigenvalue weighted by Crippen LogP contribution is 2.61. The summed E-state index contributed by atoms with van der Waals surface area (Å²) in [5.41, 5.74) is 3.91. The Hall–Kier alpha value is -0.779. The Morgan fingerprint density at radius 1 is 0.923 bits per heavy atom. The van der Waals surface area contributed by atoms with Gasteiger partial charge in [-0.25, -0.2) is 0 Å². The van der Waals surface area contributed by atoms with Crippen LogP contribution in [0.2, 0.25) is 55.9 Å². The first kappa shape index (κ1) is 45.6. The van der Waals surface area contributed by atoms with Gasteiger partial charge in [-0.3, -0.25) is 4.79 Å². The standard InChI is InChI=1S/C44H82O5Si3/c1-31(22-20-26-43(10,11)49-50(13,14)15)40-39(46-33(3)45)30-37-34(23-21-27-44(37,40)12)24-25-35-28-36(47-51(16,17)41(4,5)6)29-38(32(35)2)48-52(18,19)42(7,8)9/h24-25,31,36-40H,2,20-23,26-30H2,1,3-19H3/t31-,36-,37+,38+,39-,40+,44+/m1/s1. The van der Waals surface area contributed by atoms with Gasteiger partial charge in [-0.15, -0.1) is 0 Å². The lowest BCUT2D eigenvalue weighted by Crippen LogP contribution is -2.49. The Labute approximate surface area is 324 Å². The molecule has 8 heteroatoms. The van der Waals surface area contributed by atoms with Gasteiger partial charge in [0.2, 0.25) is 0 Å². The lowest BCUT2D eigenvalue weighted by atomic mass is 9.60. The molecule has 0 saturated heterocycles. The minimum atomic E-state index is -2.04. The number of carbonyl (C=O) groups is 1. The highest BCUT2D eigenvalue weighted by molar-refractivity contribution is 6.74. The van der Waals surface area contributed by atoms with Crippen molar-refractivity contribution in [3.05, 3.63) is 35.5 Å². The lowest BCUT2D eigenvalue weighted by Gasteiger charge is -2.46. The van der Waals surface area contributed by atoms with Crippen molar-refractivity contribution < 1.29 is 22.8 Å². The van der Waals surface area contributed by atoms with Gasteiger partial charge in [-0.05, 0) is 137 Å². The van der Waals surface area contributed by atoms with E-state index in [-0.39, 0.29) is 45.4 Å². The molecule has 0 N–H and O–H groups in total. The second kappa shape index (κ2) is 16.4. The average molecular weight is 775 g/mol. The molecule has 3 aliphatic carbocycles. The van der Waals surface area contributed by atoms with Crippen LogP contribution in [0.1, 0.15) is 134 Å². The molecule has 300 valence electrons. The number of rotatable bonds is 13. The molecule has 0 aromatic heterocycles. The van der Waals surface area contributed by atoms with Crippen LogP contribution in [0.25, 0.3) is 0 Å². The van der Waals surface area contributed by atoms with Gasteiger partial charge in [-0.2, -0.15) is 0 Å². The van der Waals surface area contributed by atoms with Crippen molar-refractivity contribution in [2.75, 3.05) is 0 Å². The van der Waals surface area contributed by atoms with Crippen LogP contribution in [0.15, 0.2) is 35.5 Å². The molecule has 5 nitrogen and oxygen atoms in total. The van der Waals surface area contributed by atoms with Crippen LogP contribution in [0, 0.1) is 23.2 Å². The Morgan fingerprint density at radius 3 is 2.04 bits per heavy atom. The van der Waals surface area contributed by atoms with Gasteiger partial charge in [0.05, 0.1) is 17.8 Å². The third-order valence-electron chi connectivity index (χ3n) is 13.7. The molecule has 3 fully saturated rings. The number of carbonyl (C=O) groups excluding carboxylic acids is 1. The first-order valence-electron chi connectivity index (χ1n) is 20.7. The van der Waals surface area contributed by atoms with Gasteiger partial charge in [0, 0.05) is 19.3 Å². The van der Waals surface area contributed by atoms with Crippen LogP contribution < -0.4 is 0 Å². The molecule has 0 unspecified atom stereocenters. The monoisotopic (exact) mass is 775 g/mol. The second-order valence-electron chi connectivity index (χ2n) is 21.9. The third-order valence-corrected chi connectivity index (χ3v) is 23.9. The number of ether oxygens (including phenoxy) is 1. The Kier molecular flexibility index (Phi) is 14.4. The molecule has 0 aromatic rings. The molecule has 0 aromatic carbocycles. The molecule has 7 atom stereocenters. The van der Waals surface area contributed by atoms with Gasteiger partial charge in [-0.1, -0.05) is 92.5 Å². The van der Waals surface area contributed by atoms with E-state index in [4.69, 9.17) is 24.6 Å². The summed E-state index contributed by atoms with van der Waals surface area (Å²) in [7, 11) is -5.64. The van der Waals surface area contributed by atoms with Gasteiger partial charge < -0.3 is 18.0 Å². The van der Waals surface area contributed by atoms with Crippen LogP contribution >= 0.6 is 0 Å². The summed E-state index contributed by atoms with van der Waals surface area (Å²) in [5.74, 6) is 1.05. The maximum atomic E-state index is 12.5. The van der Waals surface area contributed by atoms with Crippen molar-refractivity contribution in [1.82, 2.24) is 0 Å². The molecule has 0 spiro atoms. The van der Waals surface area contributed by atoms with Gasteiger partial charge >= 0.3 is 5.97 Å². The zero-order chi connectivity index (χ0) is 39.9. The summed E-state index contributed by atoms with van der Waals surface area (Å²) in [5, 5.41) is 0.258. The predicted octanol–water partition coefficient (Wildman–Crippen LogP) is 13.2. The van der Waals surface area contributed by atoms with E-state index in [0.29, 0.717) is 17.8 Å². The molecule has 3 saturated carbocycles. The van der Waals surface area contributed by atoms with E-state index in [1.807, 2.05) is 0 Å². The average Bonchev–Trinajstić information content (AvgIpc) is 3.22. The van der Waals surface area contributed by atoms with E-state index in [2.05, 4.69) is 127 Å². The van der Waals surface area contributed by atoms with Crippen molar-refractivity contribution in [3.63, 3.8) is 0 Å². The molecule has 0 amide bonds. The summed E-state index contributed by atoms with van der Waals surface area (Å²) in [6.07, 6.45) is 14.3. The predicted molar refractivity (Wildman–Crippen MR) is 229 cm³/mol. The highest BCUT2D eigenvalue weighted by Gasteiger charge is 2.56. The van der Waals surface area contributed by atoms with Gasteiger partial charge in [0.15, 0.2) is 25.0 Å². The van der Waals surface area contributed by atoms with Crippen LogP contribution in [-0.2, 0) is 22.8 Å². The molecule has 52 heavy (non-hydrogen) atoms. The summed E-state index contributed by atoms with van der Waals surface area (Å²) < 4.78 is 27.0. The lowest BCUT2D eigenvalue weighted by molar-refractivity contribution is -0.150. The van der Waals surface area contributed by atoms with Gasteiger partial charge in [0.1, 0.15) is 6.10 Å². The minimum Gasteiger partial charge on any atom is -0.462 e. The van der Waals surface area contributed by atoms with Crippen molar-refractivity contribution in [3.8, 4) is 0 Å². The summed E-state index contributed by atoms with van der Waals surface area (Å²) in [6, 6.07) is 0. The SMILES string of the molecule is C=C1C(=CC=C2CCC[C@]3(C)[C@@H]([C@H](C)CCCC(C)(C)O[Si](C)(C)C)[C@H](OC(C)=O)C[C@@H]23)C[C@@H](O[Si](C)(C)C(C)(C)C)C[C@@H]1O[Si](C)(C)C(C)(C)C. The van der Waals surface area contributed by atoms with E-state index in [9.17, 15) is 4.79 Å². The molecule has 0 radical (unpaired) electrons. The summed E-state index contributed by atoms with van der Waals surface area (Å²) >= 11 is 0. The van der Waals surface area contributed by atoms with E-state index < -0.39 is 25.0 Å². The van der Waals surface area contributed by atoms with Crippen molar-refractivity contribution in [2.45, 2.75) is 214 Å². The second-order valence-corrected chi connectivity index (χ2v) is 35.9. The first-order valence-corrected chi connectivity index (χ1v) is 29.9. The molecule has 0 heterocycles. The largest absolute Gasteiger partial charge is 0.462 e. The van der Waals surface area contributed by atoms with E-state index >= 15 is 0 Å².